The molecule has 1 aliphatic rings. The van der Waals surface area contributed by atoms with Crippen molar-refractivity contribution in [1.29, 1.82) is 0 Å². The third-order valence-corrected chi connectivity index (χ3v) is 1.32. The second-order valence-corrected chi connectivity index (χ2v) is 2.33. The number of rotatable bonds is 0. The molecule has 0 spiro atoms. The van der Waals surface area contributed by atoms with Crippen molar-refractivity contribution in [3.8, 4) is 0 Å². The van der Waals surface area contributed by atoms with E-state index < -0.39 is 11.7 Å². The molecule has 3 radical (unpaired) electrons. The third-order valence-electron chi connectivity index (χ3n) is 1.32. The Morgan fingerprint density at radius 2 is 2.09 bits per heavy atom. The molecule has 3 heteroatoms. The Hall–Kier alpha value is -0.730. The van der Waals surface area contributed by atoms with Gasteiger partial charge in [-0.15, -0.1) is 0 Å². The average molecular weight is 159 g/mol. The first-order chi connectivity index (χ1) is 5.00. The molecule has 1 rings (SSSR count). The van der Waals surface area contributed by atoms with E-state index in [-0.39, 0.29) is 6.42 Å². The van der Waals surface area contributed by atoms with Gasteiger partial charge in [0.1, 0.15) is 0 Å². The summed E-state index contributed by atoms with van der Waals surface area (Å²) in [6.45, 7) is 1.57. The lowest BCUT2D eigenvalue weighted by atomic mass is 10.0. The minimum Gasteiger partial charge on any atom is -0.166 e. The molecule has 0 bridgehead atoms. The van der Waals surface area contributed by atoms with Crippen molar-refractivity contribution in [1.82, 2.24) is 0 Å². The molecule has 59 valence electrons. The summed E-state index contributed by atoms with van der Waals surface area (Å²) < 4.78 is 35.9. The summed E-state index contributed by atoms with van der Waals surface area (Å²) in [5.74, 6) is 0. The first-order valence-corrected chi connectivity index (χ1v) is 3.10. The van der Waals surface area contributed by atoms with Crippen molar-refractivity contribution in [2.45, 2.75) is 19.5 Å². The summed E-state index contributed by atoms with van der Waals surface area (Å²) in [4.78, 5) is 0. The Morgan fingerprint density at radius 3 is 2.45 bits per heavy atom. The van der Waals surface area contributed by atoms with Crippen LogP contribution in [0.5, 0.6) is 0 Å². The molecule has 0 fully saturated rings. The van der Waals surface area contributed by atoms with Crippen molar-refractivity contribution < 1.29 is 13.2 Å². The van der Waals surface area contributed by atoms with E-state index in [1.807, 2.05) is 0 Å². The molecule has 0 atom stereocenters. The van der Waals surface area contributed by atoms with E-state index in [4.69, 9.17) is 0 Å². The fourth-order valence-electron chi connectivity index (χ4n) is 0.809. The molecule has 0 saturated carbocycles. The van der Waals surface area contributed by atoms with Crippen LogP contribution in [-0.4, -0.2) is 6.18 Å². The highest BCUT2D eigenvalue weighted by Crippen LogP contribution is 2.31. The van der Waals surface area contributed by atoms with Gasteiger partial charge in [-0.25, -0.2) is 0 Å². The molecule has 0 heterocycles. The number of allylic oxidation sites excluding steroid dienone is 4. The van der Waals surface area contributed by atoms with Gasteiger partial charge < -0.3 is 0 Å². The van der Waals surface area contributed by atoms with Crippen molar-refractivity contribution in [2.75, 3.05) is 0 Å². The highest BCUT2D eigenvalue weighted by Gasteiger charge is 2.33. The van der Waals surface area contributed by atoms with E-state index in [1.54, 1.807) is 6.92 Å². The number of halogens is 3. The summed E-state index contributed by atoms with van der Waals surface area (Å²) >= 11 is 0. The minimum atomic E-state index is -4.21. The summed E-state index contributed by atoms with van der Waals surface area (Å²) in [5, 5.41) is 0. The number of alkyl halides is 3. The van der Waals surface area contributed by atoms with Crippen molar-refractivity contribution in [3.63, 3.8) is 0 Å². The monoisotopic (exact) mass is 159 g/mol. The van der Waals surface area contributed by atoms with E-state index in [9.17, 15) is 13.2 Å². The van der Waals surface area contributed by atoms with Crippen LogP contribution in [0, 0.1) is 12.5 Å². The first kappa shape index (κ1) is 8.37. The van der Waals surface area contributed by atoms with E-state index in [0.717, 1.165) is 6.08 Å². The van der Waals surface area contributed by atoms with Crippen molar-refractivity contribution >= 4 is 0 Å². The Bertz CT molecular complexity index is 208. The Morgan fingerprint density at radius 1 is 1.45 bits per heavy atom. The first-order valence-electron chi connectivity index (χ1n) is 3.10. The molecule has 0 N–H and O–H groups in total. The highest BCUT2D eigenvalue weighted by atomic mass is 19.4. The van der Waals surface area contributed by atoms with Crippen LogP contribution < -0.4 is 0 Å². The number of hydrogen-bond acceptors (Lipinski definition) is 0. The molecule has 0 saturated heterocycles. The average Bonchev–Trinajstić information content (AvgIpc) is 1.86. The SMILES string of the molecule is CC1=[C][C]CC(C(F)(F)F)=C1. The highest BCUT2D eigenvalue weighted by molar-refractivity contribution is 5.30. The van der Waals surface area contributed by atoms with Crippen LogP contribution in [0.4, 0.5) is 13.2 Å². The van der Waals surface area contributed by atoms with Gasteiger partial charge in [0.05, 0.1) is 0 Å². The van der Waals surface area contributed by atoms with Crippen LogP contribution in [-0.2, 0) is 0 Å². The molecule has 1 aliphatic carbocycles. The maximum absolute atomic E-state index is 12.0. The predicted octanol–water partition coefficient (Wildman–Crippen LogP) is 2.71. The predicted molar refractivity (Wildman–Crippen MR) is 34.4 cm³/mol. The summed E-state index contributed by atoms with van der Waals surface area (Å²) in [6.07, 6.45) is 1.69. The van der Waals surface area contributed by atoms with E-state index in [2.05, 4.69) is 12.5 Å². The van der Waals surface area contributed by atoms with E-state index >= 15 is 0 Å². The van der Waals surface area contributed by atoms with Crippen LogP contribution in [0.3, 0.4) is 0 Å². The lowest BCUT2D eigenvalue weighted by Gasteiger charge is -2.13. The van der Waals surface area contributed by atoms with Gasteiger partial charge in [-0.2, -0.15) is 13.2 Å². The Labute approximate surface area is 63.4 Å². The van der Waals surface area contributed by atoms with Gasteiger partial charge in [0.15, 0.2) is 0 Å². The van der Waals surface area contributed by atoms with Gasteiger partial charge in [-0.3, -0.25) is 0 Å². The van der Waals surface area contributed by atoms with E-state index in [1.165, 1.54) is 0 Å². The Balaban J connectivity index is 2.82. The molecule has 0 nitrogen and oxygen atoms in total. The topological polar surface area (TPSA) is 0 Å². The standard InChI is InChI=1S/C8H6F3/c1-6-3-2-4-7(5-6)8(9,10)11/h5H,4H2,1H3. The maximum atomic E-state index is 12.0. The molecule has 0 unspecified atom stereocenters. The van der Waals surface area contributed by atoms with Crippen LogP contribution in [0.1, 0.15) is 13.3 Å². The van der Waals surface area contributed by atoms with Gasteiger partial charge in [0.25, 0.3) is 0 Å². The molecular formula is C8H6F3. The van der Waals surface area contributed by atoms with Gasteiger partial charge in [-0.1, -0.05) is 6.08 Å². The summed E-state index contributed by atoms with van der Waals surface area (Å²) in [6, 6.07) is 0. The lowest BCUT2D eigenvalue weighted by molar-refractivity contribution is -0.0933. The zero-order valence-electron chi connectivity index (χ0n) is 5.92. The van der Waals surface area contributed by atoms with E-state index in [0.29, 0.717) is 5.57 Å². The zero-order valence-corrected chi connectivity index (χ0v) is 5.92. The van der Waals surface area contributed by atoms with Crippen molar-refractivity contribution in [3.05, 3.63) is 29.7 Å². The molecule has 0 aromatic heterocycles. The normalized spacial score (nSPS) is 19.3. The number of hydrogen-bond donors (Lipinski definition) is 0. The van der Waals surface area contributed by atoms with Crippen LogP contribution >= 0.6 is 0 Å². The summed E-state index contributed by atoms with van der Waals surface area (Å²) in [7, 11) is 0. The van der Waals surface area contributed by atoms with Crippen molar-refractivity contribution in [2.24, 2.45) is 0 Å². The Kier molecular flexibility index (Phi) is 2.07. The lowest BCUT2D eigenvalue weighted by Crippen LogP contribution is -2.13. The molecule has 0 amide bonds. The smallest absolute Gasteiger partial charge is 0.166 e. The van der Waals surface area contributed by atoms with Gasteiger partial charge in [-0.05, 0) is 25.0 Å². The van der Waals surface area contributed by atoms with Crippen LogP contribution in [0.15, 0.2) is 17.2 Å². The van der Waals surface area contributed by atoms with Gasteiger partial charge in [0, 0.05) is 12.0 Å². The second-order valence-electron chi connectivity index (χ2n) is 2.33. The third kappa shape index (κ3) is 2.10. The van der Waals surface area contributed by atoms with Crippen LogP contribution in [0.25, 0.3) is 0 Å². The molecule has 0 aliphatic heterocycles. The second kappa shape index (κ2) is 2.72. The van der Waals surface area contributed by atoms with Gasteiger partial charge >= 0.3 is 6.18 Å². The van der Waals surface area contributed by atoms with Gasteiger partial charge in [0.2, 0.25) is 0 Å². The van der Waals surface area contributed by atoms with Crippen LogP contribution in [0.2, 0.25) is 0 Å². The molecule has 0 aromatic carbocycles. The fourth-order valence-corrected chi connectivity index (χ4v) is 0.809. The zero-order chi connectivity index (χ0) is 8.48. The largest absolute Gasteiger partial charge is 0.412 e. The summed E-state index contributed by atoms with van der Waals surface area (Å²) in [5.41, 5.74) is -0.0719. The fraction of sp³-hybridized carbons (Fsp3) is 0.375. The quantitative estimate of drug-likeness (QED) is 0.509. The minimum absolute atomic E-state index is 0.180. The molecule has 11 heavy (non-hydrogen) atoms. The molecule has 0 aromatic rings. The molecular weight excluding hydrogens is 153 g/mol. The maximum Gasteiger partial charge on any atom is 0.412 e.